The molecule has 12 heteroatoms. The van der Waals surface area contributed by atoms with Crippen LogP contribution in [0.15, 0.2) is 43.0 Å². The van der Waals surface area contributed by atoms with Gasteiger partial charge in [0, 0.05) is 33.1 Å². The number of Topliss-reactive ketones (excluding diaryl/α,β-unsaturated/α-hetero) is 1. The van der Waals surface area contributed by atoms with Gasteiger partial charge in [-0.05, 0) is 75.2 Å². The molecule has 1 saturated heterocycles. The van der Waals surface area contributed by atoms with Crippen molar-refractivity contribution in [3.8, 4) is 0 Å². The van der Waals surface area contributed by atoms with Gasteiger partial charge < -0.3 is 30.5 Å². The molecule has 280 valence electrons. The summed E-state index contributed by atoms with van der Waals surface area (Å²) in [6.07, 6.45) is 5.94. The van der Waals surface area contributed by atoms with Gasteiger partial charge in [0.15, 0.2) is 0 Å². The minimum Gasteiger partial charge on any atom is -0.444 e. The van der Waals surface area contributed by atoms with Gasteiger partial charge in [-0.3, -0.25) is 24.0 Å². The first-order chi connectivity index (χ1) is 24.0. The molecule has 0 bridgehead atoms. The molecule has 5 amide bonds. The number of rotatable bonds is 15. The molecular formula is C39H57N5O7. The molecule has 2 saturated carbocycles. The predicted molar refractivity (Wildman–Crippen MR) is 193 cm³/mol. The number of ether oxygens (including phenoxy) is 1. The maximum Gasteiger partial charge on any atom is 0.408 e. The second-order valence-corrected chi connectivity index (χ2v) is 15.9. The summed E-state index contributed by atoms with van der Waals surface area (Å²) in [6.45, 7) is 13.9. The van der Waals surface area contributed by atoms with E-state index in [0.29, 0.717) is 19.5 Å². The van der Waals surface area contributed by atoms with E-state index in [1.165, 1.54) is 0 Å². The molecule has 1 heterocycles. The standard InChI is InChI=1S/C39H57N5O7/c1-8-9-20-28(33(46)35(48)40-22-21-29(45)43(7)23-25-16-12-10-13-17-25)41-34(47)32-30-27(39(30,5)6)24-44(32)36(49)31(26-18-14-11-15-19-26)42-37(50)51-38(2,3)4/h8,10,12-13,16-17,26-28,30-32H,1,9,11,14-15,18-24H2,2-7H3,(H,40,48)(H,41,47)(H,42,50)/t27-,28?,30-,31-,32-/m0/s1. The molecule has 4 rings (SSSR count). The maximum atomic E-state index is 14.4. The molecular weight excluding hydrogens is 650 g/mol. The van der Waals surface area contributed by atoms with Gasteiger partial charge in [-0.25, -0.2) is 4.79 Å². The third-order valence-corrected chi connectivity index (χ3v) is 10.6. The number of nitrogens with zero attached hydrogens (tertiary/aromatic N) is 2. The van der Waals surface area contributed by atoms with Gasteiger partial charge in [-0.15, -0.1) is 6.58 Å². The zero-order valence-electron chi connectivity index (χ0n) is 31.2. The molecule has 3 N–H and O–H groups in total. The van der Waals surface area contributed by atoms with E-state index in [4.69, 9.17) is 4.74 Å². The Morgan fingerprint density at radius 3 is 2.33 bits per heavy atom. The monoisotopic (exact) mass is 707 g/mol. The quantitative estimate of drug-likeness (QED) is 0.183. The number of carbonyl (C=O) groups is 6. The number of nitrogens with one attached hydrogen (secondary N) is 3. The predicted octanol–water partition coefficient (Wildman–Crippen LogP) is 4.13. The Balaban J connectivity index is 1.43. The zero-order chi connectivity index (χ0) is 37.5. The Morgan fingerprint density at radius 1 is 1.04 bits per heavy atom. The van der Waals surface area contributed by atoms with E-state index in [9.17, 15) is 28.8 Å². The van der Waals surface area contributed by atoms with Crippen molar-refractivity contribution in [2.75, 3.05) is 20.1 Å². The molecule has 5 atom stereocenters. The number of likely N-dealkylation sites (tertiary alicyclic amines) is 1. The van der Waals surface area contributed by atoms with Crippen LogP contribution in [-0.4, -0.2) is 89.2 Å². The molecule has 12 nitrogen and oxygen atoms in total. The smallest absolute Gasteiger partial charge is 0.408 e. The van der Waals surface area contributed by atoms with E-state index in [0.717, 1.165) is 37.7 Å². The molecule has 3 fully saturated rings. The van der Waals surface area contributed by atoms with Crippen LogP contribution in [0.4, 0.5) is 4.79 Å². The highest BCUT2D eigenvalue weighted by atomic mass is 16.6. The number of ketones is 1. The fourth-order valence-corrected chi connectivity index (χ4v) is 7.75. The molecule has 1 aromatic rings. The number of amides is 5. The minimum absolute atomic E-state index is 0.00280. The molecule has 1 aliphatic heterocycles. The molecule has 1 aromatic carbocycles. The third-order valence-electron chi connectivity index (χ3n) is 10.6. The van der Waals surface area contributed by atoms with E-state index >= 15 is 0 Å². The Morgan fingerprint density at radius 2 is 1.71 bits per heavy atom. The van der Waals surface area contributed by atoms with Crippen molar-refractivity contribution in [2.45, 2.75) is 116 Å². The summed E-state index contributed by atoms with van der Waals surface area (Å²) in [5.74, 6) is -2.91. The van der Waals surface area contributed by atoms with E-state index in [1.807, 2.05) is 30.3 Å². The number of alkyl carbamates (subject to hydrolysis) is 1. The molecule has 0 radical (unpaired) electrons. The second-order valence-electron chi connectivity index (χ2n) is 15.9. The third kappa shape index (κ3) is 10.2. The summed E-state index contributed by atoms with van der Waals surface area (Å²) < 4.78 is 5.52. The van der Waals surface area contributed by atoms with Crippen molar-refractivity contribution in [3.63, 3.8) is 0 Å². The second kappa shape index (κ2) is 16.9. The molecule has 3 aliphatic rings. The first kappa shape index (κ1) is 39.6. The van der Waals surface area contributed by atoms with Crippen LogP contribution in [0.1, 0.15) is 91.5 Å². The Hall–Kier alpha value is -4.22. The number of carbonyl (C=O) groups excluding carboxylic acids is 6. The Labute approximate surface area is 302 Å². The number of benzene rings is 1. The molecule has 51 heavy (non-hydrogen) atoms. The van der Waals surface area contributed by atoms with Crippen molar-refractivity contribution in [2.24, 2.45) is 23.2 Å². The minimum atomic E-state index is -1.15. The van der Waals surface area contributed by atoms with Gasteiger partial charge in [0.2, 0.25) is 23.5 Å². The average Bonchev–Trinajstić information content (AvgIpc) is 3.38. The van der Waals surface area contributed by atoms with Crippen molar-refractivity contribution in [3.05, 3.63) is 48.6 Å². The molecule has 1 unspecified atom stereocenters. The van der Waals surface area contributed by atoms with Gasteiger partial charge in [0.25, 0.3) is 5.91 Å². The molecule has 2 aliphatic carbocycles. The number of fused-ring (bicyclic) bond motifs is 1. The van der Waals surface area contributed by atoms with Crippen LogP contribution < -0.4 is 16.0 Å². The number of allylic oxidation sites excluding steroid dienone is 1. The van der Waals surface area contributed by atoms with Crippen LogP contribution >= 0.6 is 0 Å². The van der Waals surface area contributed by atoms with Crippen LogP contribution in [0.5, 0.6) is 0 Å². The first-order valence-electron chi connectivity index (χ1n) is 18.4. The van der Waals surface area contributed by atoms with Gasteiger partial charge in [0.05, 0.1) is 6.04 Å². The Kier molecular flexibility index (Phi) is 13.1. The van der Waals surface area contributed by atoms with Crippen LogP contribution in [0.3, 0.4) is 0 Å². The van der Waals surface area contributed by atoms with E-state index in [2.05, 4.69) is 36.4 Å². The summed E-state index contributed by atoms with van der Waals surface area (Å²) in [4.78, 5) is 83.7. The topological polar surface area (TPSA) is 154 Å². The lowest BCUT2D eigenvalue weighted by Crippen LogP contribution is -2.59. The fourth-order valence-electron chi connectivity index (χ4n) is 7.75. The van der Waals surface area contributed by atoms with E-state index in [-0.39, 0.29) is 54.4 Å². The number of piperidine rings is 1. The fraction of sp³-hybridized carbons (Fsp3) is 0.641. The van der Waals surface area contributed by atoms with E-state index < -0.39 is 47.4 Å². The number of hydrogen-bond donors (Lipinski definition) is 3. The Bertz CT molecular complexity index is 1450. The van der Waals surface area contributed by atoms with Crippen LogP contribution in [0.2, 0.25) is 0 Å². The summed E-state index contributed by atoms with van der Waals surface area (Å²) in [7, 11) is 1.68. The lowest BCUT2D eigenvalue weighted by atomic mass is 9.83. The van der Waals surface area contributed by atoms with Gasteiger partial charge in [-0.2, -0.15) is 0 Å². The van der Waals surface area contributed by atoms with Crippen LogP contribution in [-0.2, 0) is 35.3 Å². The highest BCUT2D eigenvalue weighted by molar-refractivity contribution is 6.38. The van der Waals surface area contributed by atoms with Crippen molar-refractivity contribution >= 4 is 35.5 Å². The summed E-state index contributed by atoms with van der Waals surface area (Å²) in [5, 5.41) is 8.20. The highest BCUT2D eigenvalue weighted by Gasteiger charge is 2.69. The lowest BCUT2D eigenvalue weighted by molar-refractivity contribution is -0.145. The SMILES string of the molecule is C=CCCC(NC(=O)[C@@H]1[C@@H]2[C@H](CN1C(=O)[C@@H](NC(=O)OC(C)(C)C)C1CCCCC1)C2(C)C)C(=O)C(=O)NCCC(=O)N(C)Cc1ccccc1. The summed E-state index contributed by atoms with van der Waals surface area (Å²) >= 11 is 0. The van der Waals surface area contributed by atoms with Crippen molar-refractivity contribution in [1.82, 2.24) is 25.8 Å². The van der Waals surface area contributed by atoms with Gasteiger partial charge in [-0.1, -0.05) is 69.5 Å². The summed E-state index contributed by atoms with van der Waals surface area (Å²) in [5.41, 5.74) is 0.0238. The first-order valence-corrected chi connectivity index (χ1v) is 18.4. The molecule has 0 aromatic heterocycles. The van der Waals surface area contributed by atoms with Crippen LogP contribution in [0, 0.1) is 23.2 Å². The largest absolute Gasteiger partial charge is 0.444 e. The van der Waals surface area contributed by atoms with Crippen LogP contribution in [0.25, 0.3) is 0 Å². The van der Waals surface area contributed by atoms with Crippen molar-refractivity contribution in [1.29, 1.82) is 0 Å². The lowest BCUT2D eigenvalue weighted by Gasteiger charge is -2.37. The van der Waals surface area contributed by atoms with Crippen molar-refractivity contribution < 1.29 is 33.5 Å². The number of hydrogen-bond acceptors (Lipinski definition) is 7. The summed E-state index contributed by atoms with van der Waals surface area (Å²) in [6, 6.07) is 6.65. The highest BCUT2D eigenvalue weighted by Crippen LogP contribution is 2.65. The van der Waals surface area contributed by atoms with Gasteiger partial charge >= 0.3 is 6.09 Å². The van der Waals surface area contributed by atoms with E-state index in [1.54, 1.807) is 43.7 Å². The average molecular weight is 708 g/mol. The zero-order valence-corrected chi connectivity index (χ0v) is 31.2. The van der Waals surface area contributed by atoms with Gasteiger partial charge in [0.1, 0.15) is 17.7 Å². The maximum absolute atomic E-state index is 14.4. The molecule has 0 spiro atoms. The normalized spacial score (nSPS) is 22.1.